The second-order valence-corrected chi connectivity index (χ2v) is 5.78. The highest BCUT2D eigenvalue weighted by atomic mass is 16.5. The average molecular weight is 318 g/mol. The first-order valence-corrected chi connectivity index (χ1v) is 8.10. The Hall–Kier alpha value is -2.65. The van der Waals surface area contributed by atoms with Crippen LogP contribution in [-0.2, 0) is 6.54 Å². The largest absolute Gasteiger partial charge is 0.496 e. The smallest absolute Gasteiger partial charge is 0.121 e. The van der Waals surface area contributed by atoms with E-state index < -0.39 is 0 Å². The van der Waals surface area contributed by atoms with E-state index in [2.05, 4.69) is 59.7 Å². The molecule has 0 aliphatic carbocycles. The lowest BCUT2D eigenvalue weighted by atomic mass is 10.0. The van der Waals surface area contributed by atoms with E-state index in [1.54, 1.807) is 7.11 Å². The van der Waals surface area contributed by atoms with Crippen LogP contribution in [-0.4, -0.2) is 12.1 Å². The van der Waals surface area contributed by atoms with E-state index in [9.17, 15) is 0 Å². The predicted molar refractivity (Wildman–Crippen MR) is 97.1 cm³/mol. The van der Waals surface area contributed by atoms with Crippen molar-refractivity contribution >= 4 is 0 Å². The maximum absolute atomic E-state index is 5.33. The van der Waals surface area contributed by atoms with Crippen molar-refractivity contribution in [3.8, 4) is 5.75 Å². The van der Waals surface area contributed by atoms with Crippen LogP contribution in [0.1, 0.15) is 28.4 Å². The molecule has 1 aromatic heterocycles. The number of rotatable bonds is 6. The first-order valence-electron chi connectivity index (χ1n) is 8.10. The molecule has 122 valence electrons. The van der Waals surface area contributed by atoms with Crippen LogP contribution in [0.5, 0.6) is 5.75 Å². The molecule has 0 unspecified atom stereocenters. The number of aromatic nitrogens is 1. The van der Waals surface area contributed by atoms with Gasteiger partial charge in [-0.3, -0.25) is 4.98 Å². The summed E-state index contributed by atoms with van der Waals surface area (Å²) >= 11 is 0. The Morgan fingerprint density at radius 1 is 1.00 bits per heavy atom. The van der Waals surface area contributed by atoms with Gasteiger partial charge in [-0.25, -0.2) is 0 Å². The molecule has 1 heterocycles. The molecule has 0 fully saturated rings. The van der Waals surface area contributed by atoms with Crippen molar-refractivity contribution in [2.45, 2.75) is 19.5 Å². The number of nitrogens with zero attached hydrogens (tertiary/aromatic N) is 1. The summed E-state index contributed by atoms with van der Waals surface area (Å²) in [7, 11) is 1.70. The maximum Gasteiger partial charge on any atom is 0.121 e. The third kappa shape index (κ3) is 3.81. The molecule has 0 bridgehead atoms. The normalized spacial score (nSPS) is 11.9. The minimum absolute atomic E-state index is 0.0646. The van der Waals surface area contributed by atoms with Gasteiger partial charge >= 0.3 is 0 Å². The summed E-state index contributed by atoms with van der Waals surface area (Å²) in [4.78, 5) is 4.53. The molecule has 0 aliphatic heterocycles. The lowest BCUT2D eigenvalue weighted by Crippen LogP contribution is -2.23. The number of hydrogen-bond donors (Lipinski definition) is 1. The van der Waals surface area contributed by atoms with Crippen molar-refractivity contribution in [1.29, 1.82) is 0 Å². The lowest BCUT2D eigenvalue weighted by molar-refractivity contribution is 0.411. The van der Waals surface area contributed by atoms with Gasteiger partial charge in [-0.15, -0.1) is 0 Å². The van der Waals surface area contributed by atoms with Gasteiger partial charge in [0.2, 0.25) is 0 Å². The molecule has 0 saturated heterocycles. The van der Waals surface area contributed by atoms with Crippen molar-refractivity contribution in [1.82, 2.24) is 10.3 Å². The summed E-state index contributed by atoms with van der Waals surface area (Å²) < 4.78 is 5.33. The van der Waals surface area contributed by atoms with Crippen molar-refractivity contribution in [2.24, 2.45) is 0 Å². The molecular weight excluding hydrogens is 296 g/mol. The molecule has 0 saturated carbocycles. The fraction of sp³-hybridized carbons (Fsp3) is 0.190. The second-order valence-electron chi connectivity index (χ2n) is 5.78. The van der Waals surface area contributed by atoms with Crippen LogP contribution in [0.3, 0.4) is 0 Å². The van der Waals surface area contributed by atoms with Gasteiger partial charge < -0.3 is 10.1 Å². The molecule has 3 rings (SSSR count). The summed E-state index contributed by atoms with van der Waals surface area (Å²) in [6.07, 6.45) is 1.84. The van der Waals surface area contributed by atoms with Gasteiger partial charge in [0.25, 0.3) is 0 Å². The number of methoxy groups -OCH3 is 1. The topological polar surface area (TPSA) is 34.1 Å². The Morgan fingerprint density at radius 3 is 2.46 bits per heavy atom. The molecule has 1 atom stereocenters. The monoisotopic (exact) mass is 318 g/mol. The number of benzene rings is 2. The van der Waals surface area contributed by atoms with E-state index in [0.29, 0.717) is 0 Å². The number of ether oxygens (including phenoxy) is 1. The van der Waals surface area contributed by atoms with Crippen LogP contribution >= 0.6 is 0 Å². The van der Waals surface area contributed by atoms with Crippen molar-refractivity contribution in [3.05, 3.63) is 95.3 Å². The van der Waals surface area contributed by atoms with Gasteiger partial charge in [0.15, 0.2) is 0 Å². The average Bonchev–Trinajstić information content (AvgIpc) is 2.64. The Morgan fingerprint density at radius 2 is 1.79 bits per heavy atom. The third-order valence-electron chi connectivity index (χ3n) is 4.09. The highest BCUT2D eigenvalue weighted by Gasteiger charge is 2.14. The van der Waals surface area contributed by atoms with Crippen LogP contribution < -0.4 is 10.1 Å². The van der Waals surface area contributed by atoms with Crippen LogP contribution in [0.4, 0.5) is 0 Å². The molecule has 0 amide bonds. The molecule has 0 spiro atoms. The van der Waals surface area contributed by atoms with Gasteiger partial charge in [-0.05, 0) is 41.8 Å². The zero-order valence-corrected chi connectivity index (χ0v) is 14.1. The summed E-state index contributed by atoms with van der Waals surface area (Å²) in [5, 5.41) is 3.63. The fourth-order valence-corrected chi connectivity index (χ4v) is 2.86. The maximum atomic E-state index is 5.33. The minimum Gasteiger partial charge on any atom is -0.496 e. The van der Waals surface area contributed by atoms with Crippen LogP contribution in [0.15, 0.2) is 72.9 Å². The van der Waals surface area contributed by atoms with Crippen LogP contribution in [0.2, 0.25) is 0 Å². The van der Waals surface area contributed by atoms with Crippen molar-refractivity contribution in [3.63, 3.8) is 0 Å². The van der Waals surface area contributed by atoms with E-state index in [1.807, 2.05) is 30.5 Å². The SMILES string of the molecule is COc1ccc(CN[C@H](c2ccccc2)c2ccccn2)cc1C. The first-order chi connectivity index (χ1) is 11.8. The summed E-state index contributed by atoms with van der Waals surface area (Å²) in [5.41, 5.74) is 4.60. The number of pyridine rings is 1. The van der Waals surface area contributed by atoms with Gasteiger partial charge in [-0.1, -0.05) is 48.5 Å². The Bertz CT molecular complexity index is 733. The fourth-order valence-electron chi connectivity index (χ4n) is 2.86. The number of aryl methyl sites for hydroxylation is 1. The van der Waals surface area contributed by atoms with Crippen LogP contribution in [0.25, 0.3) is 0 Å². The molecule has 24 heavy (non-hydrogen) atoms. The van der Waals surface area contributed by atoms with E-state index in [4.69, 9.17) is 4.74 Å². The van der Waals surface area contributed by atoms with Gasteiger partial charge in [0.05, 0.1) is 18.8 Å². The lowest BCUT2D eigenvalue weighted by Gasteiger charge is -2.19. The molecule has 3 aromatic rings. The quantitative estimate of drug-likeness (QED) is 0.736. The highest BCUT2D eigenvalue weighted by molar-refractivity contribution is 5.36. The third-order valence-corrected chi connectivity index (χ3v) is 4.09. The number of nitrogens with one attached hydrogen (secondary N) is 1. The number of hydrogen-bond acceptors (Lipinski definition) is 3. The van der Waals surface area contributed by atoms with Crippen molar-refractivity contribution < 1.29 is 4.74 Å². The Balaban J connectivity index is 1.81. The molecule has 0 radical (unpaired) electrons. The molecule has 3 heteroatoms. The molecule has 1 N–H and O–H groups in total. The zero-order valence-electron chi connectivity index (χ0n) is 14.1. The van der Waals surface area contributed by atoms with Gasteiger partial charge in [0, 0.05) is 12.7 Å². The van der Waals surface area contributed by atoms with Crippen LogP contribution in [0, 0.1) is 6.92 Å². The summed E-state index contributed by atoms with van der Waals surface area (Å²) in [6, 6.07) is 22.8. The van der Waals surface area contributed by atoms with Gasteiger partial charge in [0.1, 0.15) is 5.75 Å². The zero-order chi connectivity index (χ0) is 16.8. The minimum atomic E-state index is 0.0646. The van der Waals surface area contributed by atoms with Gasteiger partial charge in [-0.2, -0.15) is 0 Å². The van der Waals surface area contributed by atoms with E-state index in [-0.39, 0.29) is 6.04 Å². The van der Waals surface area contributed by atoms with E-state index in [1.165, 1.54) is 11.1 Å². The van der Waals surface area contributed by atoms with E-state index >= 15 is 0 Å². The molecule has 3 nitrogen and oxygen atoms in total. The predicted octanol–water partition coefficient (Wildman–Crippen LogP) is 4.28. The summed E-state index contributed by atoms with van der Waals surface area (Å²) in [6.45, 7) is 2.83. The summed E-state index contributed by atoms with van der Waals surface area (Å²) in [5.74, 6) is 0.920. The molecular formula is C21H22N2O. The molecule has 0 aliphatic rings. The highest BCUT2D eigenvalue weighted by Crippen LogP contribution is 2.22. The van der Waals surface area contributed by atoms with E-state index in [0.717, 1.165) is 23.6 Å². The molecule has 2 aromatic carbocycles. The first kappa shape index (κ1) is 16.2. The second kappa shape index (κ2) is 7.75. The standard InChI is InChI=1S/C21H22N2O/c1-16-14-17(11-12-20(16)24-2)15-23-21(18-8-4-3-5-9-18)19-10-6-7-13-22-19/h3-14,21,23H,15H2,1-2H3/t21-/m1/s1. The Kier molecular flexibility index (Phi) is 5.24. The van der Waals surface area contributed by atoms with Crippen molar-refractivity contribution in [2.75, 3.05) is 7.11 Å². The Labute approximate surface area is 143 Å².